The van der Waals surface area contributed by atoms with Gasteiger partial charge in [-0.05, 0) is 6.42 Å². The van der Waals surface area contributed by atoms with Gasteiger partial charge in [-0.1, -0.05) is 13.3 Å². The Morgan fingerprint density at radius 3 is 2.13 bits per heavy atom. The molecule has 23 heavy (non-hydrogen) atoms. The number of hydrogen-bond acceptors (Lipinski definition) is 7. The number of unbranched alkanes of at least 4 members (excludes halogenated alkanes) is 1. The molecule has 0 saturated carbocycles. The molecule has 1 atom stereocenters. The van der Waals surface area contributed by atoms with Gasteiger partial charge in [0.1, 0.15) is 0 Å². The van der Waals surface area contributed by atoms with Crippen LogP contribution in [-0.4, -0.2) is 74.6 Å². The summed E-state index contributed by atoms with van der Waals surface area (Å²) in [5, 5.41) is 0. The molecule has 10 heteroatoms. The summed E-state index contributed by atoms with van der Waals surface area (Å²) < 4.78 is 26.8. The summed E-state index contributed by atoms with van der Waals surface area (Å²) in [6.07, 6.45) is 1.39. The molecule has 1 aliphatic heterocycles. The highest BCUT2D eigenvalue weighted by atomic mass is 31.2. The molecule has 2 amide bonds. The molecule has 1 rings (SSSR count). The highest BCUT2D eigenvalue weighted by molar-refractivity contribution is 7.55. The Hall–Kier alpha value is -1.15. The number of piperazine rings is 1. The number of amides is 2. The second kappa shape index (κ2) is 9.22. The van der Waals surface area contributed by atoms with Crippen molar-refractivity contribution in [2.45, 2.75) is 25.5 Å². The predicted molar refractivity (Wildman–Crippen MR) is 84.0 cm³/mol. The molecule has 0 aromatic heterocycles. The zero-order chi connectivity index (χ0) is 17.5. The van der Waals surface area contributed by atoms with Crippen LogP contribution in [0.2, 0.25) is 0 Å². The average molecular weight is 351 g/mol. The van der Waals surface area contributed by atoms with E-state index >= 15 is 0 Å². The van der Waals surface area contributed by atoms with E-state index in [1.54, 1.807) is 0 Å². The minimum absolute atomic E-state index is 0.294. The topological polar surface area (TPSA) is 111 Å². The fourth-order valence-electron chi connectivity index (χ4n) is 2.13. The maximum atomic E-state index is 12.3. The number of hydrogen-bond donors (Lipinski definition) is 1. The maximum absolute atomic E-state index is 12.3. The summed E-state index contributed by atoms with van der Waals surface area (Å²) in [7, 11) is -1.30. The number of nitrogens with zero attached hydrogens (tertiary/aromatic N) is 2. The molecular weight excluding hydrogens is 325 g/mol. The second-order valence-electron chi connectivity index (χ2n) is 5.13. The van der Waals surface area contributed by atoms with Gasteiger partial charge in [-0.2, -0.15) is 0 Å². The molecule has 9 nitrogen and oxygen atoms in total. The van der Waals surface area contributed by atoms with E-state index in [1.165, 1.54) is 24.0 Å². The van der Waals surface area contributed by atoms with Crippen molar-refractivity contribution in [3.63, 3.8) is 0 Å². The molecule has 1 heterocycles. The highest BCUT2D eigenvalue weighted by Gasteiger charge is 2.40. The van der Waals surface area contributed by atoms with E-state index in [4.69, 9.17) is 19.5 Å². The van der Waals surface area contributed by atoms with Crippen molar-refractivity contribution in [1.29, 1.82) is 0 Å². The Labute approximate surface area is 136 Å². The van der Waals surface area contributed by atoms with E-state index in [-0.39, 0.29) is 6.09 Å². The fraction of sp³-hybridized carbons (Fsp3) is 0.846. The first-order valence-electron chi connectivity index (χ1n) is 7.56. The van der Waals surface area contributed by atoms with Crippen LogP contribution in [0.3, 0.4) is 0 Å². The first-order valence-corrected chi connectivity index (χ1v) is 9.18. The van der Waals surface area contributed by atoms with Gasteiger partial charge in [-0.3, -0.25) is 9.36 Å². The number of rotatable bonds is 7. The molecule has 2 N–H and O–H groups in total. The van der Waals surface area contributed by atoms with Crippen LogP contribution in [0.25, 0.3) is 0 Å². The van der Waals surface area contributed by atoms with Crippen LogP contribution in [0.1, 0.15) is 19.8 Å². The van der Waals surface area contributed by atoms with Crippen LogP contribution < -0.4 is 5.73 Å². The molecule has 0 aromatic rings. The third-order valence-corrected chi connectivity index (χ3v) is 5.60. The van der Waals surface area contributed by atoms with Crippen molar-refractivity contribution in [3.05, 3.63) is 0 Å². The van der Waals surface area contributed by atoms with E-state index in [0.29, 0.717) is 32.8 Å². The number of carbonyl (C=O) groups is 2. The minimum atomic E-state index is -3.67. The highest BCUT2D eigenvalue weighted by Crippen LogP contribution is 2.49. The van der Waals surface area contributed by atoms with E-state index in [9.17, 15) is 14.2 Å². The van der Waals surface area contributed by atoms with Crippen LogP contribution in [0.15, 0.2) is 0 Å². The molecule has 0 aromatic carbocycles. The molecule has 0 spiro atoms. The van der Waals surface area contributed by atoms with Crippen LogP contribution in [-0.2, 0) is 23.1 Å². The lowest BCUT2D eigenvalue weighted by molar-refractivity contribution is -0.132. The van der Waals surface area contributed by atoms with E-state index in [0.717, 1.165) is 12.8 Å². The molecule has 1 aliphatic rings. The first kappa shape index (κ1) is 19.9. The van der Waals surface area contributed by atoms with Crippen molar-refractivity contribution in [2.24, 2.45) is 5.73 Å². The van der Waals surface area contributed by atoms with Gasteiger partial charge in [0.25, 0.3) is 5.91 Å². The van der Waals surface area contributed by atoms with Gasteiger partial charge >= 0.3 is 13.7 Å². The van der Waals surface area contributed by atoms with Crippen LogP contribution in [0.5, 0.6) is 0 Å². The van der Waals surface area contributed by atoms with Crippen LogP contribution in [0.4, 0.5) is 4.79 Å². The standard InChI is InChI=1S/C13H26N3O6P/c1-4-5-10-22-13(18)16-8-6-15(7-9-16)12(17)11(14)23(19,20-2)21-3/h11H,4-10,14H2,1-3H3. The largest absolute Gasteiger partial charge is 0.449 e. The normalized spacial score (nSPS) is 17.0. The Balaban J connectivity index is 2.51. The Kier molecular flexibility index (Phi) is 7.98. The Morgan fingerprint density at radius 1 is 1.13 bits per heavy atom. The molecule has 1 unspecified atom stereocenters. The summed E-state index contributed by atoms with van der Waals surface area (Å²) in [5.41, 5.74) is 5.71. The number of nitrogens with two attached hydrogens (primary N) is 1. The Bertz CT molecular complexity index is 445. The van der Waals surface area contributed by atoms with Gasteiger partial charge in [-0.25, -0.2) is 4.79 Å². The monoisotopic (exact) mass is 351 g/mol. The van der Waals surface area contributed by atoms with Crippen molar-refractivity contribution in [1.82, 2.24) is 9.80 Å². The SMILES string of the molecule is CCCCOC(=O)N1CCN(C(=O)C(N)P(=O)(OC)OC)CC1. The number of ether oxygens (including phenoxy) is 1. The lowest BCUT2D eigenvalue weighted by Crippen LogP contribution is -2.54. The van der Waals surface area contributed by atoms with Crippen molar-refractivity contribution >= 4 is 19.6 Å². The number of carbonyl (C=O) groups excluding carboxylic acids is 2. The van der Waals surface area contributed by atoms with E-state index in [1.807, 2.05) is 6.92 Å². The summed E-state index contributed by atoms with van der Waals surface area (Å²) >= 11 is 0. The van der Waals surface area contributed by atoms with Crippen LogP contribution in [0, 0.1) is 0 Å². The van der Waals surface area contributed by atoms with E-state index in [2.05, 4.69) is 0 Å². The van der Waals surface area contributed by atoms with Crippen molar-refractivity contribution < 1.29 is 27.9 Å². The minimum Gasteiger partial charge on any atom is -0.449 e. The summed E-state index contributed by atoms with van der Waals surface area (Å²) in [4.78, 5) is 27.1. The van der Waals surface area contributed by atoms with Gasteiger partial charge in [0.2, 0.25) is 0 Å². The van der Waals surface area contributed by atoms with Gasteiger partial charge in [0, 0.05) is 40.4 Å². The molecule has 134 valence electrons. The zero-order valence-electron chi connectivity index (χ0n) is 13.9. The predicted octanol–water partition coefficient (Wildman–Crippen LogP) is 0.838. The Morgan fingerprint density at radius 2 is 1.65 bits per heavy atom. The average Bonchev–Trinajstić information content (AvgIpc) is 2.60. The summed E-state index contributed by atoms with van der Waals surface area (Å²) in [6, 6.07) is 0. The lowest BCUT2D eigenvalue weighted by Gasteiger charge is -2.35. The molecule has 0 bridgehead atoms. The molecular formula is C13H26N3O6P. The molecule has 0 radical (unpaired) electrons. The van der Waals surface area contributed by atoms with Gasteiger partial charge in [0.15, 0.2) is 5.78 Å². The molecule has 1 saturated heterocycles. The second-order valence-corrected chi connectivity index (χ2v) is 7.50. The van der Waals surface area contributed by atoms with E-state index < -0.39 is 19.3 Å². The van der Waals surface area contributed by atoms with Gasteiger partial charge in [-0.15, -0.1) is 0 Å². The summed E-state index contributed by atoms with van der Waals surface area (Å²) in [6.45, 7) is 3.68. The van der Waals surface area contributed by atoms with Crippen molar-refractivity contribution in [3.8, 4) is 0 Å². The third kappa shape index (κ3) is 5.17. The van der Waals surface area contributed by atoms with Crippen molar-refractivity contribution in [2.75, 3.05) is 47.0 Å². The zero-order valence-corrected chi connectivity index (χ0v) is 14.8. The molecule has 1 fully saturated rings. The van der Waals surface area contributed by atoms with Crippen LogP contribution >= 0.6 is 7.60 Å². The maximum Gasteiger partial charge on any atom is 0.409 e. The quantitative estimate of drug-likeness (QED) is 0.534. The third-order valence-electron chi connectivity index (χ3n) is 3.68. The van der Waals surface area contributed by atoms with Gasteiger partial charge in [0.05, 0.1) is 6.61 Å². The van der Waals surface area contributed by atoms with Gasteiger partial charge < -0.3 is 29.3 Å². The fourth-order valence-corrected chi connectivity index (χ4v) is 3.17. The lowest BCUT2D eigenvalue weighted by atomic mass is 10.3. The molecule has 0 aliphatic carbocycles. The smallest absolute Gasteiger partial charge is 0.409 e. The summed E-state index contributed by atoms with van der Waals surface area (Å²) in [5.74, 6) is -1.89. The first-order chi connectivity index (χ1) is 10.9.